The minimum Gasteiger partial charge on any atom is -0.760 e. The summed E-state index contributed by atoms with van der Waals surface area (Å²) in [5.41, 5.74) is 0.173. The maximum atomic E-state index is 13.2. The smallest absolute Gasteiger partial charge is 0.294 e. The number of hydrogen-bond acceptors (Lipinski definition) is 7. The van der Waals surface area contributed by atoms with Crippen LogP contribution in [0.4, 0.5) is 21.5 Å². The summed E-state index contributed by atoms with van der Waals surface area (Å²) in [6, 6.07) is 6.79. The maximum Gasteiger partial charge on any atom is 0.294 e. The van der Waals surface area contributed by atoms with Gasteiger partial charge in [0.25, 0.3) is 15.8 Å². The molecule has 0 saturated carbocycles. The van der Waals surface area contributed by atoms with Gasteiger partial charge in [0.1, 0.15) is 11.5 Å². The molecule has 2 rings (SSSR count). The predicted molar refractivity (Wildman–Crippen MR) is 99.9 cm³/mol. The number of hydrogen-bond donors (Lipinski definition) is 2. The van der Waals surface area contributed by atoms with E-state index in [1.807, 2.05) is 0 Å². The zero-order valence-electron chi connectivity index (χ0n) is 14.9. The molecule has 0 spiro atoms. The van der Waals surface area contributed by atoms with E-state index in [0.29, 0.717) is 5.69 Å². The highest BCUT2D eigenvalue weighted by Crippen LogP contribution is 2.29. The predicted octanol–water partition coefficient (Wildman–Crippen LogP) is 2.37. The van der Waals surface area contributed by atoms with Crippen LogP contribution >= 0.6 is 0 Å². The first-order valence-electron chi connectivity index (χ1n) is 7.38. The van der Waals surface area contributed by atoms with E-state index >= 15 is 0 Å². The average Bonchev–Trinajstić information content (AvgIpc) is 2.53. The van der Waals surface area contributed by atoms with E-state index in [0.717, 1.165) is 28.6 Å². The first-order chi connectivity index (χ1) is 12.8. The van der Waals surface area contributed by atoms with Gasteiger partial charge >= 0.3 is 0 Å². The van der Waals surface area contributed by atoms with Gasteiger partial charge in [0.15, 0.2) is 0 Å². The first-order valence-corrected chi connectivity index (χ1v) is 9.86. The molecular weight excluding hydrogens is 417 g/mol. The van der Waals surface area contributed by atoms with Gasteiger partial charge in [-0.1, -0.05) is 0 Å². The van der Waals surface area contributed by atoms with Crippen molar-refractivity contribution in [3.8, 4) is 0 Å². The number of nitrogens with one attached hydrogen (secondary N) is 1. The number of anilines is 2. The number of benzene rings is 2. The second kappa shape index (κ2) is 9.66. The van der Waals surface area contributed by atoms with Gasteiger partial charge in [-0.3, -0.25) is 18.9 Å². The summed E-state index contributed by atoms with van der Waals surface area (Å²) < 4.78 is 64.8. The molecule has 13 heteroatoms. The number of halogens is 1. The largest absolute Gasteiger partial charge is 0.760 e. The quantitative estimate of drug-likeness (QED) is 0.315. The summed E-state index contributed by atoms with van der Waals surface area (Å²) in [4.78, 5) is 9.97. The van der Waals surface area contributed by atoms with E-state index in [2.05, 4.69) is 5.32 Å². The lowest BCUT2D eigenvalue weighted by Crippen LogP contribution is -2.13. The highest BCUT2D eigenvalue weighted by atomic mass is 32.2. The highest BCUT2D eigenvalue weighted by Gasteiger charge is 2.16. The standard InChI is InChI=1S/C13H11FN2O5S.C2H7NO2S/c1-8-6-10(3-5-13(8)22(19,20)21)15-11-7-9(14)2-4-12(11)16(17)18;1-3(2)6(4)5/h2-7,15H,1H3,(H,19,20,21);1-2H3,(H,4,5)/p-1. The van der Waals surface area contributed by atoms with Crippen LogP contribution in [-0.2, 0) is 21.4 Å². The van der Waals surface area contributed by atoms with Crippen molar-refractivity contribution in [1.29, 1.82) is 0 Å². The number of nitro groups is 1. The molecule has 2 N–H and O–H groups in total. The Morgan fingerprint density at radius 3 is 2.21 bits per heavy atom. The van der Waals surface area contributed by atoms with Gasteiger partial charge in [-0.25, -0.2) is 8.70 Å². The molecule has 0 saturated heterocycles. The molecule has 2 aromatic rings. The molecule has 10 nitrogen and oxygen atoms in total. The molecule has 0 bridgehead atoms. The molecule has 0 aliphatic heterocycles. The Labute approximate surface area is 163 Å². The monoisotopic (exact) mass is 434 g/mol. The van der Waals surface area contributed by atoms with Gasteiger partial charge in [-0.2, -0.15) is 8.42 Å². The van der Waals surface area contributed by atoms with E-state index in [9.17, 15) is 31.7 Å². The maximum absolute atomic E-state index is 13.2. The van der Waals surface area contributed by atoms with Gasteiger partial charge in [0.2, 0.25) is 0 Å². The summed E-state index contributed by atoms with van der Waals surface area (Å²) in [5, 5.41) is 13.6. The van der Waals surface area contributed by atoms with Crippen molar-refractivity contribution in [2.24, 2.45) is 0 Å². The van der Waals surface area contributed by atoms with Crippen molar-refractivity contribution in [3.05, 3.63) is 57.9 Å². The van der Waals surface area contributed by atoms with Crippen molar-refractivity contribution < 1.29 is 31.0 Å². The lowest BCUT2D eigenvalue weighted by molar-refractivity contribution is -0.384. The average molecular weight is 434 g/mol. The van der Waals surface area contributed by atoms with Crippen LogP contribution in [0.15, 0.2) is 41.3 Å². The Bertz CT molecular complexity index is 997. The molecule has 2 aromatic carbocycles. The van der Waals surface area contributed by atoms with Gasteiger partial charge in [0, 0.05) is 29.1 Å². The summed E-state index contributed by atoms with van der Waals surface area (Å²) in [6.07, 6.45) is 0. The van der Waals surface area contributed by atoms with E-state index in [-0.39, 0.29) is 21.8 Å². The SMILES string of the molecule is CN(C)S(=O)[O-].Cc1cc(Nc2cc(F)ccc2[N+](=O)[O-])ccc1S(=O)(=O)O. The third-order valence-corrected chi connectivity index (χ3v) is 4.80. The molecule has 0 aliphatic rings. The summed E-state index contributed by atoms with van der Waals surface area (Å²) in [6.45, 7) is 1.45. The van der Waals surface area contributed by atoms with Crippen molar-refractivity contribution in [2.45, 2.75) is 11.8 Å². The van der Waals surface area contributed by atoms with Crippen molar-refractivity contribution >= 4 is 38.4 Å². The lowest BCUT2D eigenvalue weighted by Gasteiger charge is -2.10. The molecular formula is C15H17FN3O7S2-. The zero-order valence-corrected chi connectivity index (χ0v) is 16.6. The van der Waals surface area contributed by atoms with Crippen LogP contribution in [0.2, 0.25) is 0 Å². The molecule has 0 aliphatic carbocycles. The minimum atomic E-state index is -4.35. The fourth-order valence-electron chi connectivity index (χ4n) is 1.94. The Balaban J connectivity index is 0.000000568. The second-order valence-electron chi connectivity index (χ2n) is 5.53. The Morgan fingerprint density at radius 2 is 1.79 bits per heavy atom. The first kappa shape index (κ1) is 23.6. The number of rotatable bonds is 5. The Hall–Kier alpha value is -2.45. The van der Waals surface area contributed by atoms with Gasteiger partial charge < -0.3 is 9.87 Å². The fourth-order valence-corrected chi connectivity index (χ4v) is 2.65. The number of nitro benzene ring substituents is 1. The van der Waals surface area contributed by atoms with Crippen molar-refractivity contribution in [2.75, 3.05) is 19.4 Å². The molecule has 0 amide bonds. The zero-order chi connectivity index (χ0) is 21.6. The molecule has 0 radical (unpaired) electrons. The van der Waals surface area contributed by atoms with E-state index in [4.69, 9.17) is 4.55 Å². The Kier molecular flexibility index (Phi) is 8.14. The Morgan fingerprint density at radius 1 is 1.21 bits per heavy atom. The second-order valence-corrected chi connectivity index (χ2v) is 8.08. The third-order valence-electron chi connectivity index (χ3n) is 3.19. The topological polar surface area (TPSA) is 153 Å². The van der Waals surface area contributed by atoms with Crippen LogP contribution < -0.4 is 5.32 Å². The van der Waals surface area contributed by atoms with Gasteiger partial charge in [0.05, 0.1) is 9.82 Å². The van der Waals surface area contributed by atoms with E-state index < -0.39 is 32.1 Å². The van der Waals surface area contributed by atoms with Crippen LogP contribution in [0.5, 0.6) is 0 Å². The highest BCUT2D eigenvalue weighted by molar-refractivity contribution is 7.85. The van der Waals surface area contributed by atoms with Crippen molar-refractivity contribution in [1.82, 2.24) is 4.31 Å². The molecule has 1 atom stereocenters. The normalized spacial score (nSPS) is 12.1. The summed E-state index contributed by atoms with van der Waals surface area (Å²) in [7, 11) is -1.42. The fraction of sp³-hybridized carbons (Fsp3) is 0.200. The number of nitrogens with zero attached hydrogens (tertiary/aromatic N) is 2. The lowest BCUT2D eigenvalue weighted by atomic mass is 10.2. The van der Waals surface area contributed by atoms with E-state index in [1.54, 1.807) is 0 Å². The number of aryl methyl sites for hydroxylation is 1. The molecule has 28 heavy (non-hydrogen) atoms. The summed E-state index contributed by atoms with van der Waals surface area (Å²) in [5.74, 6) is -0.653. The van der Waals surface area contributed by atoms with E-state index in [1.165, 1.54) is 33.2 Å². The van der Waals surface area contributed by atoms with Crippen LogP contribution in [-0.4, -0.2) is 45.1 Å². The van der Waals surface area contributed by atoms with Gasteiger partial charge in [-0.05, 0) is 50.8 Å². The van der Waals surface area contributed by atoms with Crippen LogP contribution in [0, 0.1) is 22.9 Å². The van der Waals surface area contributed by atoms with Crippen LogP contribution in [0.25, 0.3) is 0 Å². The molecule has 0 aromatic heterocycles. The summed E-state index contributed by atoms with van der Waals surface area (Å²) >= 11 is -2.03. The van der Waals surface area contributed by atoms with Gasteiger partial charge in [-0.15, -0.1) is 0 Å². The molecule has 1 unspecified atom stereocenters. The molecule has 0 fully saturated rings. The van der Waals surface area contributed by atoms with Crippen LogP contribution in [0.3, 0.4) is 0 Å². The molecule has 154 valence electrons. The minimum absolute atomic E-state index is 0.0657. The van der Waals surface area contributed by atoms with Crippen molar-refractivity contribution in [3.63, 3.8) is 0 Å². The molecule has 0 heterocycles. The van der Waals surface area contributed by atoms with Crippen LogP contribution in [0.1, 0.15) is 5.56 Å². The third kappa shape index (κ3) is 6.94.